The number of hydrogen-bond acceptors (Lipinski definition) is 3. The molecule has 0 radical (unpaired) electrons. The first-order valence-corrected chi connectivity index (χ1v) is 6.12. The number of nitrogens with two attached hydrogens (primary N) is 1. The maximum atomic E-state index is 12.1. The molecule has 0 aromatic carbocycles. The Bertz CT molecular complexity index is 275. The summed E-state index contributed by atoms with van der Waals surface area (Å²) in [6.45, 7) is 9.89. The average molecular weight is 243 g/mol. The van der Waals surface area contributed by atoms with Gasteiger partial charge >= 0.3 is 0 Å². The zero-order valence-electron chi connectivity index (χ0n) is 11.4. The molecular weight excluding hydrogens is 218 g/mol. The van der Waals surface area contributed by atoms with Gasteiger partial charge in [0.25, 0.3) is 0 Å². The van der Waals surface area contributed by atoms with Crippen LogP contribution in [0, 0.1) is 17.8 Å². The SMILES string of the molecule is CCC(NC(=O)C(C(N)=NO)C(C)C)C(C)C. The van der Waals surface area contributed by atoms with Crippen LogP contribution in [-0.2, 0) is 4.79 Å². The molecule has 0 aliphatic heterocycles. The highest BCUT2D eigenvalue weighted by Gasteiger charge is 2.28. The Labute approximate surface area is 103 Å². The van der Waals surface area contributed by atoms with E-state index in [0.717, 1.165) is 6.42 Å². The van der Waals surface area contributed by atoms with E-state index in [1.807, 2.05) is 20.8 Å². The first kappa shape index (κ1) is 15.7. The Morgan fingerprint density at radius 1 is 1.29 bits per heavy atom. The lowest BCUT2D eigenvalue weighted by molar-refractivity contribution is -0.125. The van der Waals surface area contributed by atoms with E-state index in [9.17, 15) is 4.79 Å². The largest absolute Gasteiger partial charge is 0.409 e. The fourth-order valence-corrected chi connectivity index (χ4v) is 1.85. The number of nitrogens with zero attached hydrogens (tertiary/aromatic N) is 1. The second-order valence-corrected chi connectivity index (χ2v) is 5.01. The number of oxime groups is 1. The Morgan fingerprint density at radius 2 is 1.82 bits per heavy atom. The van der Waals surface area contributed by atoms with Crippen LogP contribution in [0.3, 0.4) is 0 Å². The van der Waals surface area contributed by atoms with Crippen molar-refractivity contribution in [2.45, 2.75) is 47.1 Å². The van der Waals surface area contributed by atoms with Gasteiger partial charge in [-0.25, -0.2) is 0 Å². The van der Waals surface area contributed by atoms with Gasteiger partial charge in [-0.1, -0.05) is 39.8 Å². The lowest BCUT2D eigenvalue weighted by Gasteiger charge is -2.25. The Morgan fingerprint density at radius 3 is 2.12 bits per heavy atom. The summed E-state index contributed by atoms with van der Waals surface area (Å²) in [6, 6.07) is 0.121. The van der Waals surface area contributed by atoms with Gasteiger partial charge in [-0.3, -0.25) is 4.79 Å². The van der Waals surface area contributed by atoms with E-state index in [2.05, 4.69) is 24.3 Å². The van der Waals surface area contributed by atoms with Crippen molar-refractivity contribution in [2.24, 2.45) is 28.6 Å². The molecule has 0 bridgehead atoms. The van der Waals surface area contributed by atoms with Gasteiger partial charge in [-0.05, 0) is 18.3 Å². The molecule has 0 aromatic rings. The van der Waals surface area contributed by atoms with Crippen LogP contribution in [0.15, 0.2) is 5.16 Å². The maximum absolute atomic E-state index is 12.1. The Balaban J connectivity index is 4.75. The van der Waals surface area contributed by atoms with Crippen LogP contribution >= 0.6 is 0 Å². The fraction of sp³-hybridized carbons (Fsp3) is 0.833. The number of nitrogens with one attached hydrogen (secondary N) is 1. The molecule has 0 aromatic heterocycles. The number of hydrogen-bond donors (Lipinski definition) is 3. The quantitative estimate of drug-likeness (QED) is 0.286. The van der Waals surface area contributed by atoms with Crippen molar-refractivity contribution in [1.82, 2.24) is 5.32 Å². The van der Waals surface area contributed by atoms with Crippen LogP contribution in [-0.4, -0.2) is 23.0 Å². The van der Waals surface area contributed by atoms with Gasteiger partial charge in [0.2, 0.25) is 5.91 Å². The number of amides is 1. The summed E-state index contributed by atoms with van der Waals surface area (Å²) in [5, 5.41) is 14.6. The summed E-state index contributed by atoms with van der Waals surface area (Å²) in [7, 11) is 0. The van der Waals surface area contributed by atoms with Crippen LogP contribution in [0.25, 0.3) is 0 Å². The first-order chi connectivity index (χ1) is 7.84. The first-order valence-electron chi connectivity index (χ1n) is 6.12. The van der Waals surface area contributed by atoms with Crippen LogP contribution < -0.4 is 11.1 Å². The average Bonchev–Trinajstić information content (AvgIpc) is 2.24. The predicted molar refractivity (Wildman–Crippen MR) is 68.8 cm³/mol. The molecule has 1 amide bonds. The van der Waals surface area contributed by atoms with Gasteiger partial charge in [-0.2, -0.15) is 0 Å². The van der Waals surface area contributed by atoms with Crippen molar-refractivity contribution in [1.29, 1.82) is 0 Å². The summed E-state index contributed by atoms with van der Waals surface area (Å²) < 4.78 is 0. The summed E-state index contributed by atoms with van der Waals surface area (Å²) in [4.78, 5) is 12.1. The van der Waals surface area contributed by atoms with E-state index < -0.39 is 5.92 Å². The van der Waals surface area contributed by atoms with E-state index in [4.69, 9.17) is 10.9 Å². The number of carbonyl (C=O) groups excluding carboxylic acids is 1. The lowest BCUT2D eigenvalue weighted by atomic mass is 9.92. The van der Waals surface area contributed by atoms with E-state index in [1.54, 1.807) is 0 Å². The highest BCUT2D eigenvalue weighted by Crippen LogP contribution is 2.13. The monoisotopic (exact) mass is 243 g/mol. The smallest absolute Gasteiger partial charge is 0.231 e. The molecule has 0 aliphatic rings. The molecule has 4 N–H and O–H groups in total. The standard InChI is InChI=1S/C12H25N3O2/c1-6-9(7(2)3)14-12(16)10(8(4)5)11(13)15-17/h7-10,17H,6H2,1-5H3,(H2,13,15)(H,14,16). The third kappa shape index (κ3) is 4.63. The van der Waals surface area contributed by atoms with Gasteiger partial charge in [-0.15, -0.1) is 0 Å². The molecule has 0 heterocycles. The molecule has 0 aliphatic carbocycles. The molecule has 2 unspecified atom stereocenters. The maximum Gasteiger partial charge on any atom is 0.231 e. The van der Waals surface area contributed by atoms with Gasteiger partial charge in [0.05, 0.1) is 0 Å². The lowest BCUT2D eigenvalue weighted by Crippen LogP contribution is -2.47. The molecule has 100 valence electrons. The van der Waals surface area contributed by atoms with Crippen molar-refractivity contribution >= 4 is 11.7 Å². The Kier molecular flexibility index (Phi) is 6.61. The molecule has 0 fully saturated rings. The van der Waals surface area contributed by atoms with Crippen molar-refractivity contribution in [3.8, 4) is 0 Å². The van der Waals surface area contributed by atoms with Crippen molar-refractivity contribution < 1.29 is 10.0 Å². The van der Waals surface area contributed by atoms with Crippen LogP contribution in [0.2, 0.25) is 0 Å². The molecule has 17 heavy (non-hydrogen) atoms. The van der Waals surface area contributed by atoms with Gasteiger partial charge < -0.3 is 16.3 Å². The van der Waals surface area contributed by atoms with E-state index in [1.165, 1.54) is 0 Å². The molecule has 0 rings (SSSR count). The molecular formula is C12H25N3O2. The van der Waals surface area contributed by atoms with Gasteiger partial charge in [0.1, 0.15) is 5.92 Å². The second kappa shape index (κ2) is 7.14. The minimum Gasteiger partial charge on any atom is -0.409 e. The predicted octanol–water partition coefficient (Wildman–Crippen LogP) is 1.56. The number of carbonyl (C=O) groups is 1. The van der Waals surface area contributed by atoms with Gasteiger partial charge in [0.15, 0.2) is 5.84 Å². The molecule has 0 saturated heterocycles. The normalized spacial score (nSPS) is 16.1. The van der Waals surface area contributed by atoms with Crippen LogP contribution in [0.5, 0.6) is 0 Å². The minimum atomic E-state index is -0.576. The van der Waals surface area contributed by atoms with Crippen LogP contribution in [0.1, 0.15) is 41.0 Å². The highest BCUT2D eigenvalue weighted by molar-refractivity contribution is 6.02. The fourth-order valence-electron chi connectivity index (χ4n) is 1.85. The molecule has 0 saturated carbocycles. The Hall–Kier alpha value is -1.26. The summed E-state index contributed by atoms with van der Waals surface area (Å²) in [5.74, 6) is -0.417. The highest BCUT2D eigenvalue weighted by atomic mass is 16.4. The van der Waals surface area contributed by atoms with Crippen molar-refractivity contribution in [3.63, 3.8) is 0 Å². The van der Waals surface area contributed by atoms with Crippen molar-refractivity contribution in [2.75, 3.05) is 0 Å². The van der Waals surface area contributed by atoms with E-state index in [-0.39, 0.29) is 23.7 Å². The van der Waals surface area contributed by atoms with Crippen molar-refractivity contribution in [3.05, 3.63) is 0 Å². The molecule has 5 nitrogen and oxygen atoms in total. The zero-order valence-corrected chi connectivity index (χ0v) is 11.4. The summed E-state index contributed by atoms with van der Waals surface area (Å²) >= 11 is 0. The van der Waals surface area contributed by atoms with E-state index >= 15 is 0 Å². The van der Waals surface area contributed by atoms with E-state index in [0.29, 0.717) is 5.92 Å². The summed E-state index contributed by atoms with van der Waals surface area (Å²) in [5.41, 5.74) is 5.55. The second-order valence-electron chi connectivity index (χ2n) is 5.01. The third-order valence-electron chi connectivity index (χ3n) is 2.96. The van der Waals surface area contributed by atoms with Gasteiger partial charge in [0, 0.05) is 6.04 Å². The van der Waals surface area contributed by atoms with Crippen LogP contribution in [0.4, 0.5) is 0 Å². The topological polar surface area (TPSA) is 87.7 Å². The third-order valence-corrected chi connectivity index (χ3v) is 2.96. The molecule has 5 heteroatoms. The number of rotatable bonds is 6. The minimum absolute atomic E-state index is 0.00410. The number of amidine groups is 1. The molecule has 2 atom stereocenters. The summed E-state index contributed by atoms with van der Waals surface area (Å²) in [6.07, 6.45) is 0.865. The zero-order chi connectivity index (χ0) is 13.6. The molecule has 0 spiro atoms.